The SMILES string of the molecule is Cc1ccc2oc([C@H]3CCN(C)C3)nc2c1. The number of aryl methyl sites for hydroxylation is 1. The van der Waals surface area contributed by atoms with E-state index in [0.29, 0.717) is 5.92 Å². The lowest BCUT2D eigenvalue weighted by Crippen LogP contribution is -2.13. The number of benzene rings is 1. The zero-order valence-corrected chi connectivity index (χ0v) is 9.73. The molecule has 0 N–H and O–H groups in total. The van der Waals surface area contributed by atoms with E-state index < -0.39 is 0 Å². The van der Waals surface area contributed by atoms with Gasteiger partial charge >= 0.3 is 0 Å². The van der Waals surface area contributed by atoms with E-state index >= 15 is 0 Å². The van der Waals surface area contributed by atoms with Gasteiger partial charge in [0.05, 0.1) is 0 Å². The van der Waals surface area contributed by atoms with Crippen molar-refractivity contribution in [2.75, 3.05) is 20.1 Å². The van der Waals surface area contributed by atoms with Gasteiger partial charge in [0.25, 0.3) is 0 Å². The van der Waals surface area contributed by atoms with Gasteiger partial charge < -0.3 is 9.32 Å². The molecular formula is C13H16N2O. The van der Waals surface area contributed by atoms with Crippen LogP contribution in [0.4, 0.5) is 0 Å². The number of likely N-dealkylation sites (N-methyl/N-ethyl adjacent to an activating group) is 1. The number of oxazole rings is 1. The predicted octanol–water partition coefficient (Wildman–Crippen LogP) is 2.56. The first-order chi connectivity index (χ1) is 7.72. The van der Waals surface area contributed by atoms with Gasteiger partial charge in [-0.05, 0) is 44.6 Å². The minimum Gasteiger partial charge on any atom is -0.440 e. The summed E-state index contributed by atoms with van der Waals surface area (Å²) in [6.07, 6.45) is 1.16. The van der Waals surface area contributed by atoms with E-state index in [1.54, 1.807) is 0 Å². The third-order valence-corrected chi connectivity index (χ3v) is 3.30. The molecule has 16 heavy (non-hydrogen) atoms. The number of rotatable bonds is 1. The minimum atomic E-state index is 0.470. The Hall–Kier alpha value is -1.35. The highest BCUT2D eigenvalue weighted by atomic mass is 16.3. The van der Waals surface area contributed by atoms with Crippen molar-refractivity contribution in [2.24, 2.45) is 0 Å². The Morgan fingerprint density at radius 3 is 3.06 bits per heavy atom. The first-order valence-electron chi connectivity index (χ1n) is 5.78. The summed E-state index contributed by atoms with van der Waals surface area (Å²) in [6.45, 7) is 4.28. The Kier molecular flexibility index (Phi) is 2.21. The average Bonchev–Trinajstić information content (AvgIpc) is 2.83. The van der Waals surface area contributed by atoms with Crippen molar-refractivity contribution in [3.8, 4) is 0 Å². The molecule has 1 aliphatic heterocycles. The quantitative estimate of drug-likeness (QED) is 0.733. The molecule has 0 saturated carbocycles. The maximum Gasteiger partial charge on any atom is 0.199 e. The fourth-order valence-corrected chi connectivity index (χ4v) is 2.37. The van der Waals surface area contributed by atoms with E-state index in [2.05, 4.69) is 36.0 Å². The van der Waals surface area contributed by atoms with Crippen LogP contribution < -0.4 is 0 Å². The van der Waals surface area contributed by atoms with Gasteiger partial charge in [-0.3, -0.25) is 0 Å². The fraction of sp³-hybridized carbons (Fsp3) is 0.462. The summed E-state index contributed by atoms with van der Waals surface area (Å²) < 4.78 is 5.82. The second-order valence-electron chi connectivity index (χ2n) is 4.77. The van der Waals surface area contributed by atoms with Crippen LogP contribution in [-0.4, -0.2) is 30.0 Å². The molecule has 1 atom stereocenters. The smallest absolute Gasteiger partial charge is 0.199 e. The van der Waals surface area contributed by atoms with Crippen LogP contribution >= 0.6 is 0 Å². The molecule has 0 amide bonds. The molecule has 1 aromatic heterocycles. The molecule has 2 aromatic rings. The molecule has 1 aliphatic rings. The van der Waals surface area contributed by atoms with Crippen molar-refractivity contribution < 1.29 is 4.42 Å². The van der Waals surface area contributed by atoms with Gasteiger partial charge in [-0.2, -0.15) is 0 Å². The lowest BCUT2D eigenvalue weighted by molar-refractivity contribution is 0.396. The summed E-state index contributed by atoms with van der Waals surface area (Å²) in [5, 5.41) is 0. The number of fused-ring (bicyclic) bond motifs is 1. The van der Waals surface area contributed by atoms with Gasteiger partial charge in [-0.1, -0.05) is 6.07 Å². The largest absolute Gasteiger partial charge is 0.440 e. The van der Waals surface area contributed by atoms with E-state index in [1.807, 2.05) is 6.07 Å². The summed E-state index contributed by atoms with van der Waals surface area (Å²) in [6, 6.07) is 6.17. The summed E-state index contributed by atoms with van der Waals surface area (Å²) >= 11 is 0. The fourth-order valence-electron chi connectivity index (χ4n) is 2.37. The van der Waals surface area contributed by atoms with Crippen LogP contribution in [0.5, 0.6) is 0 Å². The standard InChI is InChI=1S/C13H16N2O/c1-9-3-4-12-11(7-9)14-13(16-12)10-5-6-15(2)8-10/h3-4,7,10H,5-6,8H2,1-2H3/t10-/m0/s1. The van der Waals surface area contributed by atoms with Crippen LogP contribution in [0.25, 0.3) is 11.1 Å². The Morgan fingerprint density at radius 2 is 2.31 bits per heavy atom. The maximum absolute atomic E-state index is 5.82. The lowest BCUT2D eigenvalue weighted by Gasteiger charge is -2.05. The third kappa shape index (κ3) is 1.61. The highest BCUT2D eigenvalue weighted by molar-refractivity contribution is 5.73. The van der Waals surface area contributed by atoms with Crippen molar-refractivity contribution >= 4 is 11.1 Å². The zero-order valence-electron chi connectivity index (χ0n) is 9.73. The second kappa shape index (κ2) is 3.59. The van der Waals surface area contributed by atoms with E-state index in [1.165, 1.54) is 5.56 Å². The summed E-state index contributed by atoms with van der Waals surface area (Å²) in [7, 11) is 2.15. The lowest BCUT2D eigenvalue weighted by atomic mass is 10.1. The van der Waals surface area contributed by atoms with Crippen molar-refractivity contribution in [1.29, 1.82) is 0 Å². The molecule has 1 saturated heterocycles. The van der Waals surface area contributed by atoms with Gasteiger partial charge in [0.1, 0.15) is 5.52 Å². The molecule has 84 valence electrons. The van der Waals surface area contributed by atoms with Crippen molar-refractivity contribution in [3.05, 3.63) is 29.7 Å². The first-order valence-corrected chi connectivity index (χ1v) is 5.78. The molecule has 0 unspecified atom stereocenters. The highest BCUT2D eigenvalue weighted by Gasteiger charge is 2.25. The summed E-state index contributed by atoms with van der Waals surface area (Å²) in [5.41, 5.74) is 3.13. The van der Waals surface area contributed by atoms with E-state index in [9.17, 15) is 0 Å². The van der Waals surface area contributed by atoms with Crippen LogP contribution in [0.1, 0.15) is 23.8 Å². The van der Waals surface area contributed by atoms with Gasteiger partial charge in [0.2, 0.25) is 0 Å². The number of likely N-dealkylation sites (tertiary alicyclic amines) is 1. The van der Waals surface area contributed by atoms with E-state index in [-0.39, 0.29) is 0 Å². The molecule has 1 aromatic carbocycles. The molecule has 2 heterocycles. The Balaban J connectivity index is 1.99. The molecule has 1 fully saturated rings. The number of aromatic nitrogens is 1. The predicted molar refractivity (Wildman–Crippen MR) is 63.6 cm³/mol. The van der Waals surface area contributed by atoms with Gasteiger partial charge in [0, 0.05) is 12.5 Å². The van der Waals surface area contributed by atoms with Gasteiger partial charge in [-0.15, -0.1) is 0 Å². The Labute approximate surface area is 95.1 Å². The summed E-state index contributed by atoms with van der Waals surface area (Å²) in [5.74, 6) is 1.38. The summed E-state index contributed by atoms with van der Waals surface area (Å²) in [4.78, 5) is 6.92. The topological polar surface area (TPSA) is 29.3 Å². The second-order valence-corrected chi connectivity index (χ2v) is 4.77. The molecular weight excluding hydrogens is 200 g/mol. The van der Waals surface area contributed by atoms with Crippen LogP contribution in [-0.2, 0) is 0 Å². The van der Waals surface area contributed by atoms with Crippen molar-refractivity contribution in [1.82, 2.24) is 9.88 Å². The monoisotopic (exact) mass is 216 g/mol. The van der Waals surface area contributed by atoms with E-state index in [4.69, 9.17) is 4.42 Å². The highest BCUT2D eigenvalue weighted by Crippen LogP contribution is 2.28. The van der Waals surface area contributed by atoms with Crippen LogP contribution in [0, 0.1) is 6.92 Å². The van der Waals surface area contributed by atoms with E-state index in [0.717, 1.165) is 36.5 Å². The molecule has 3 rings (SSSR count). The van der Waals surface area contributed by atoms with Crippen molar-refractivity contribution in [3.63, 3.8) is 0 Å². The number of nitrogens with zero attached hydrogens (tertiary/aromatic N) is 2. The third-order valence-electron chi connectivity index (χ3n) is 3.30. The average molecular weight is 216 g/mol. The van der Waals surface area contributed by atoms with Crippen molar-refractivity contribution in [2.45, 2.75) is 19.3 Å². The molecule has 0 aliphatic carbocycles. The normalized spacial score (nSPS) is 22.0. The first kappa shape index (κ1) is 9.85. The number of hydrogen-bond acceptors (Lipinski definition) is 3. The number of hydrogen-bond donors (Lipinski definition) is 0. The maximum atomic E-state index is 5.82. The molecule has 0 radical (unpaired) electrons. The minimum absolute atomic E-state index is 0.470. The molecule has 0 bridgehead atoms. The molecule has 3 nitrogen and oxygen atoms in total. The Morgan fingerprint density at radius 1 is 1.44 bits per heavy atom. The molecule has 0 spiro atoms. The van der Waals surface area contributed by atoms with Crippen LogP contribution in [0.2, 0.25) is 0 Å². The van der Waals surface area contributed by atoms with Gasteiger partial charge in [0.15, 0.2) is 11.5 Å². The Bertz CT molecular complexity index is 518. The molecule has 3 heteroatoms. The van der Waals surface area contributed by atoms with Crippen LogP contribution in [0.3, 0.4) is 0 Å². The zero-order chi connectivity index (χ0) is 11.1. The van der Waals surface area contributed by atoms with Crippen LogP contribution in [0.15, 0.2) is 22.6 Å². The van der Waals surface area contributed by atoms with Gasteiger partial charge in [-0.25, -0.2) is 4.98 Å².